The number of hydrogen-bond acceptors (Lipinski definition) is 5. The van der Waals surface area contributed by atoms with Crippen LogP contribution >= 0.6 is 11.8 Å². The van der Waals surface area contributed by atoms with E-state index >= 15 is 0 Å². The summed E-state index contributed by atoms with van der Waals surface area (Å²) < 4.78 is 10.7. The van der Waals surface area contributed by atoms with E-state index in [1.54, 1.807) is 7.11 Å². The Balaban J connectivity index is 2.40. The van der Waals surface area contributed by atoms with Crippen molar-refractivity contribution in [3.63, 3.8) is 0 Å². The molecule has 2 rings (SSSR count). The first-order valence-electron chi connectivity index (χ1n) is 5.07. The molecule has 1 N–H and O–H groups in total. The van der Waals surface area contributed by atoms with Crippen molar-refractivity contribution >= 4 is 11.8 Å². The van der Waals surface area contributed by atoms with Crippen LogP contribution in [-0.4, -0.2) is 23.5 Å². The van der Waals surface area contributed by atoms with Gasteiger partial charge in [-0.15, -0.1) is 0 Å². The minimum Gasteiger partial charge on any atom is -0.497 e. The second-order valence-corrected chi connectivity index (χ2v) is 4.10. The van der Waals surface area contributed by atoms with Crippen LogP contribution < -0.4 is 4.74 Å². The SMILES string of the molecule is COc1ccc(-c2oc(SC)nc2CO)cc1. The smallest absolute Gasteiger partial charge is 0.256 e. The Morgan fingerprint density at radius 3 is 2.59 bits per heavy atom. The maximum Gasteiger partial charge on any atom is 0.256 e. The number of ether oxygens (including phenoxy) is 1. The Hall–Kier alpha value is -1.46. The lowest BCUT2D eigenvalue weighted by Crippen LogP contribution is -1.87. The fourth-order valence-electron chi connectivity index (χ4n) is 1.49. The van der Waals surface area contributed by atoms with E-state index in [9.17, 15) is 5.11 Å². The van der Waals surface area contributed by atoms with Gasteiger partial charge in [0.2, 0.25) is 0 Å². The molecule has 0 saturated carbocycles. The van der Waals surface area contributed by atoms with Crippen LogP contribution in [0.1, 0.15) is 5.69 Å². The van der Waals surface area contributed by atoms with Gasteiger partial charge in [0.15, 0.2) is 5.76 Å². The number of aliphatic hydroxyl groups excluding tert-OH is 1. The summed E-state index contributed by atoms with van der Waals surface area (Å²) in [6, 6.07) is 7.45. The molecule has 0 radical (unpaired) electrons. The van der Waals surface area contributed by atoms with Gasteiger partial charge >= 0.3 is 0 Å². The minimum absolute atomic E-state index is 0.134. The molecule has 4 nitrogen and oxygen atoms in total. The van der Waals surface area contributed by atoms with Crippen molar-refractivity contribution in [3.8, 4) is 17.1 Å². The lowest BCUT2D eigenvalue weighted by molar-refractivity contribution is 0.277. The number of methoxy groups -OCH3 is 1. The molecular weight excluding hydrogens is 238 g/mol. The maximum atomic E-state index is 9.23. The highest BCUT2D eigenvalue weighted by Gasteiger charge is 2.13. The van der Waals surface area contributed by atoms with Crippen LogP contribution in [-0.2, 0) is 6.61 Å². The molecule has 0 bridgehead atoms. The molecule has 1 heterocycles. The first-order chi connectivity index (χ1) is 8.28. The van der Waals surface area contributed by atoms with E-state index in [0.717, 1.165) is 11.3 Å². The number of aliphatic hydroxyl groups is 1. The molecule has 2 aromatic rings. The largest absolute Gasteiger partial charge is 0.497 e. The Morgan fingerprint density at radius 1 is 1.35 bits per heavy atom. The lowest BCUT2D eigenvalue weighted by Gasteiger charge is -2.01. The number of thioether (sulfide) groups is 1. The topological polar surface area (TPSA) is 55.5 Å². The number of benzene rings is 1. The van der Waals surface area contributed by atoms with Gasteiger partial charge in [0.05, 0.1) is 13.7 Å². The van der Waals surface area contributed by atoms with Gasteiger partial charge < -0.3 is 14.3 Å². The second-order valence-electron chi connectivity index (χ2n) is 3.35. The van der Waals surface area contributed by atoms with Crippen LogP contribution in [0.3, 0.4) is 0 Å². The van der Waals surface area contributed by atoms with Gasteiger partial charge in [-0.05, 0) is 30.5 Å². The van der Waals surface area contributed by atoms with E-state index in [-0.39, 0.29) is 6.61 Å². The van der Waals surface area contributed by atoms with E-state index in [2.05, 4.69) is 4.98 Å². The molecule has 0 saturated heterocycles. The molecule has 0 aliphatic carbocycles. The standard InChI is InChI=1S/C12H13NO3S/c1-15-9-5-3-8(4-6-9)11-10(7-14)13-12(16-11)17-2/h3-6,14H,7H2,1-2H3. The molecule has 0 amide bonds. The molecule has 0 unspecified atom stereocenters. The summed E-state index contributed by atoms with van der Waals surface area (Å²) in [7, 11) is 1.62. The van der Waals surface area contributed by atoms with Gasteiger partial charge in [0.25, 0.3) is 5.22 Å². The van der Waals surface area contributed by atoms with Crippen molar-refractivity contribution < 1.29 is 14.3 Å². The predicted molar refractivity (Wildman–Crippen MR) is 66.2 cm³/mol. The van der Waals surface area contributed by atoms with E-state index in [0.29, 0.717) is 16.7 Å². The number of nitrogens with zero attached hydrogens (tertiary/aromatic N) is 1. The Labute approximate surface area is 104 Å². The molecule has 1 aromatic heterocycles. The van der Waals surface area contributed by atoms with Gasteiger partial charge in [0, 0.05) is 5.56 Å². The third-order valence-corrected chi connectivity index (χ3v) is 2.88. The maximum absolute atomic E-state index is 9.23. The third-order valence-electron chi connectivity index (χ3n) is 2.35. The number of aromatic nitrogens is 1. The van der Waals surface area contributed by atoms with Gasteiger partial charge in [0.1, 0.15) is 11.4 Å². The van der Waals surface area contributed by atoms with Crippen molar-refractivity contribution in [2.75, 3.05) is 13.4 Å². The lowest BCUT2D eigenvalue weighted by atomic mass is 10.1. The van der Waals surface area contributed by atoms with Gasteiger partial charge in [-0.3, -0.25) is 0 Å². The third kappa shape index (κ3) is 2.45. The van der Waals surface area contributed by atoms with Gasteiger partial charge in [-0.25, -0.2) is 4.98 Å². The van der Waals surface area contributed by atoms with Crippen molar-refractivity contribution in [1.29, 1.82) is 0 Å². The monoisotopic (exact) mass is 251 g/mol. The van der Waals surface area contributed by atoms with E-state index in [4.69, 9.17) is 9.15 Å². The zero-order valence-corrected chi connectivity index (χ0v) is 10.5. The van der Waals surface area contributed by atoms with Crippen LogP contribution in [0.5, 0.6) is 5.75 Å². The fraction of sp³-hybridized carbons (Fsp3) is 0.250. The van der Waals surface area contributed by atoms with Crippen LogP contribution in [0.15, 0.2) is 33.9 Å². The number of oxazole rings is 1. The first-order valence-corrected chi connectivity index (χ1v) is 6.30. The zero-order chi connectivity index (χ0) is 12.3. The van der Waals surface area contributed by atoms with Crippen molar-refractivity contribution in [2.45, 2.75) is 11.8 Å². The van der Waals surface area contributed by atoms with E-state index in [1.807, 2.05) is 30.5 Å². The average Bonchev–Trinajstić information content (AvgIpc) is 2.82. The summed E-state index contributed by atoms with van der Waals surface area (Å²) in [5.41, 5.74) is 1.43. The highest BCUT2D eigenvalue weighted by atomic mass is 32.2. The van der Waals surface area contributed by atoms with Crippen LogP contribution in [0.2, 0.25) is 0 Å². The minimum atomic E-state index is -0.134. The zero-order valence-electron chi connectivity index (χ0n) is 9.64. The normalized spacial score (nSPS) is 10.5. The highest BCUT2D eigenvalue weighted by molar-refractivity contribution is 7.98. The molecule has 0 fully saturated rings. The van der Waals surface area contributed by atoms with Crippen LogP contribution in [0.25, 0.3) is 11.3 Å². The van der Waals surface area contributed by atoms with Crippen LogP contribution in [0.4, 0.5) is 0 Å². The van der Waals surface area contributed by atoms with Crippen LogP contribution in [0, 0.1) is 0 Å². The Bertz CT molecular complexity index is 493. The molecule has 0 spiro atoms. The van der Waals surface area contributed by atoms with E-state index < -0.39 is 0 Å². The predicted octanol–water partition coefficient (Wildman–Crippen LogP) is 2.56. The molecular formula is C12H13NO3S. The summed E-state index contributed by atoms with van der Waals surface area (Å²) in [6.07, 6.45) is 1.88. The number of rotatable bonds is 4. The summed E-state index contributed by atoms with van der Waals surface area (Å²) in [4.78, 5) is 4.18. The van der Waals surface area contributed by atoms with Crippen molar-refractivity contribution in [3.05, 3.63) is 30.0 Å². The molecule has 0 aliphatic rings. The van der Waals surface area contributed by atoms with Crippen molar-refractivity contribution in [1.82, 2.24) is 4.98 Å². The molecule has 90 valence electrons. The summed E-state index contributed by atoms with van der Waals surface area (Å²) in [5.74, 6) is 1.39. The molecule has 0 aliphatic heterocycles. The Morgan fingerprint density at radius 2 is 2.06 bits per heavy atom. The average molecular weight is 251 g/mol. The second kappa shape index (κ2) is 5.25. The highest BCUT2D eigenvalue weighted by Crippen LogP contribution is 2.29. The molecule has 0 atom stereocenters. The Kier molecular flexibility index (Phi) is 3.71. The van der Waals surface area contributed by atoms with Gasteiger partial charge in [-0.1, -0.05) is 11.8 Å². The fourth-order valence-corrected chi connectivity index (χ4v) is 1.86. The summed E-state index contributed by atoms with van der Waals surface area (Å²) in [5, 5.41) is 9.79. The molecule has 5 heteroatoms. The number of hydrogen-bond donors (Lipinski definition) is 1. The van der Waals surface area contributed by atoms with Crippen molar-refractivity contribution in [2.24, 2.45) is 0 Å². The quantitative estimate of drug-likeness (QED) is 0.846. The first kappa shape index (κ1) is 12.0. The molecule has 17 heavy (non-hydrogen) atoms. The molecule has 1 aromatic carbocycles. The summed E-state index contributed by atoms with van der Waals surface area (Å²) in [6.45, 7) is -0.134. The van der Waals surface area contributed by atoms with Gasteiger partial charge in [-0.2, -0.15) is 0 Å². The summed E-state index contributed by atoms with van der Waals surface area (Å²) >= 11 is 1.41. The van der Waals surface area contributed by atoms with E-state index in [1.165, 1.54) is 11.8 Å².